The molecule has 0 spiro atoms. The van der Waals surface area contributed by atoms with Gasteiger partial charge in [0.15, 0.2) is 5.78 Å². The number of benzene rings is 1. The molecule has 114 valence electrons. The number of ketones is 1. The quantitative estimate of drug-likeness (QED) is 0.490. The van der Waals surface area contributed by atoms with Crippen LogP contribution in [0.1, 0.15) is 26.3 Å². The van der Waals surface area contributed by atoms with Gasteiger partial charge in [0.1, 0.15) is 11.6 Å². The standard InChI is InChI=1S/C15H21N3O3/c1-15(2,3)21-14(20)18-12(13(19)10-17-16)9-11-7-5-4-6-8-11/h4-8,10,12H,9,16H2,1-3H3,(H,18,20)/t12-/m0/s1. The van der Waals surface area contributed by atoms with Crippen molar-refractivity contribution in [1.29, 1.82) is 0 Å². The van der Waals surface area contributed by atoms with E-state index in [9.17, 15) is 9.59 Å². The van der Waals surface area contributed by atoms with E-state index in [-0.39, 0.29) is 5.78 Å². The van der Waals surface area contributed by atoms with E-state index in [4.69, 9.17) is 10.6 Å². The van der Waals surface area contributed by atoms with E-state index < -0.39 is 17.7 Å². The maximum atomic E-state index is 11.9. The van der Waals surface area contributed by atoms with Crippen molar-refractivity contribution in [3.8, 4) is 0 Å². The molecule has 0 saturated heterocycles. The maximum Gasteiger partial charge on any atom is 0.408 e. The van der Waals surface area contributed by atoms with Crippen molar-refractivity contribution in [3.63, 3.8) is 0 Å². The molecule has 0 radical (unpaired) electrons. The fourth-order valence-corrected chi connectivity index (χ4v) is 1.69. The van der Waals surface area contributed by atoms with Crippen molar-refractivity contribution in [2.24, 2.45) is 10.9 Å². The molecule has 1 amide bonds. The van der Waals surface area contributed by atoms with Gasteiger partial charge in [-0.15, -0.1) is 0 Å². The van der Waals surface area contributed by atoms with Crippen molar-refractivity contribution in [3.05, 3.63) is 35.9 Å². The third-order valence-corrected chi connectivity index (χ3v) is 2.52. The molecule has 1 atom stereocenters. The summed E-state index contributed by atoms with van der Waals surface area (Å²) in [6, 6.07) is 8.58. The van der Waals surface area contributed by atoms with Crippen molar-refractivity contribution in [2.75, 3.05) is 0 Å². The van der Waals surface area contributed by atoms with E-state index in [1.807, 2.05) is 30.3 Å². The molecule has 0 aliphatic heterocycles. The lowest BCUT2D eigenvalue weighted by Gasteiger charge is -2.22. The van der Waals surface area contributed by atoms with Crippen LogP contribution < -0.4 is 11.2 Å². The Balaban J connectivity index is 2.78. The minimum absolute atomic E-state index is 0.338. The number of Topliss-reactive ketones (excluding diaryl/α,β-unsaturated/α-hetero) is 1. The van der Waals surface area contributed by atoms with Crippen molar-refractivity contribution in [2.45, 2.75) is 38.8 Å². The molecule has 6 nitrogen and oxygen atoms in total. The topological polar surface area (TPSA) is 93.8 Å². The van der Waals surface area contributed by atoms with Crippen LogP contribution in [0.25, 0.3) is 0 Å². The zero-order chi connectivity index (χ0) is 15.9. The Morgan fingerprint density at radius 3 is 2.48 bits per heavy atom. The van der Waals surface area contributed by atoms with Crippen molar-refractivity contribution < 1.29 is 14.3 Å². The third kappa shape index (κ3) is 6.56. The lowest BCUT2D eigenvalue weighted by molar-refractivity contribution is -0.114. The van der Waals surface area contributed by atoms with Gasteiger partial charge in [0, 0.05) is 6.42 Å². The molecule has 0 bridgehead atoms. The number of carbonyl (C=O) groups excluding carboxylic acids is 2. The highest BCUT2D eigenvalue weighted by molar-refractivity contribution is 6.30. The number of nitrogens with one attached hydrogen (secondary N) is 1. The maximum absolute atomic E-state index is 11.9. The highest BCUT2D eigenvalue weighted by Crippen LogP contribution is 2.08. The normalized spacial score (nSPS) is 12.9. The summed E-state index contributed by atoms with van der Waals surface area (Å²) in [6.07, 6.45) is 0.679. The number of hydrogen-bond acceptors (Lipinski definition) is 5. The van der Waals surface area contributed by atoms with E-state index in [1.165, 1.54) is 0 Å². The zero-order valence-electron chi connectivity index (χ0n) is 12.5. The first-order valence-electron chi connectivity index (χ1n) is 6.62. The van der Waals surface area contributed by atoms with Crippen LogP contribution in [0.3, 0.4) is 0 Å². The molecule has 1 rings (SSSR count). The van der Waals surface area contributed by atoms with Gasteiger partial charge >= 0.3 is 6.09 Å². The number of rotatable bonds is 5. The van der Waals surface area contributed by atoms with Crippen LogP contribution in [0.4, 0.5) is 4.79 Å². The van der Waals surface area contributed by atoms with Gasteiger partial charge in [-0.3, -0.25) is 4.79 Å². The molecule has 1 aromatic carbocycles. The Morgan fingerprint density at radius 2 is 1.95 bits per heavy atom. The molecule has 21 heavy (non-hydrogen) atoms. The van der Waals surface area contributed by atoms with E-state index in [1.54, 1.807) is 20.8 Å². The Kier molecular flexibility index (Phi) is 5.90. The van der Waals surface area contributed by atoms with Gasteiger partial charge in [0.2, 0.25) is 0 Å². The van der Waals surface area contributed by atoms with Crippen LogP contribution in [0.15, 0.2) is 35.4 Å². The number of alkyl carbamates (subject to hydrolysis) is 1. The molecule has 0 unspecified atom stereocenters. The molecule has 0 aliphatic carbocycles. The van der Waals surface area contributed by atoms with Crippen molar-refractivity contribution in [1.82, 2.24) is 5.32 Å². The average Bonchev–Trinajstić information content (AvgIpc) is 2.37. The van der Waals surface area contributed by atoms with E-state index in [0.29, 0.717) is 6.42 Å². The lowest BCUT2D eigenvalue weighted by atomic mass is 10.0. The third-order valence-electron chi connectivity index (χ3n) is 2.52. The summed E-state index contributed by atoms with van der Waals surface area (Å²) in [4.78, 5) is 23.8. The predicted octanol–water partition coefficient (Wildman–Crippen LogP) is 1.64. The van der Waals surface area contributed by atoms with Crippen LogP contribution in [-0.2, 0) is 16.0 Å². The number of ether oxygens (including phenoxy) is 1. The molecule has 0 aromatic heterocycles. The first kappa shape index (κ1) is 16.7. The first-order chi connectivity index (χ1) is 9.81. The fourth-order valence-electron chi connectivity index (χ4n) is 1.69. The van der Waals surface area contributed by atoms with Gasteiger partial charge in [-0.25, -0.2) is 4.79 Å². The van der Waals surface area contributed by atoms with Gasteiger partial charge in [-0.05, 0) is 26.3 Å². The number of hydrogen-bond donors (Lipinski definition) is 2. The van der Waals surface area contributed by atoms with E-state index >= 15 is 0 Å². The van der Waals surface area contributed by atoms with Gasteiger partial charge in [-0.2, -0.15) is 5.10 Å². The van der Waals surface area contributed by atoms with Crippen LogP contribution in [0.2, 0.25) is 0 Å². The summed E-state index contributed by atoms with van der Waals surface area (Å²) in [5.74, 6) is 4.62. The highest BCUT2D eigenvalue weighted by Gasteiger charge is 2.23. The Bertz CT molecular complexity index is 507. The molecular weight excluding hydrogens is 270 g/mol. The van der Waals surface area contributed by atoms with Crippen LogP contribution >= 0.6 is 0 Å². The molecule has 0 heterocycles. The van der Waals surface area contributed by atoms with Gasteiger partial charge in [-0.1, -0.05) is 30.3 Å². The van der Waals surface area contributed by atoms with E-state index in [2.05, 4.69) is 10.4 Å². The number of carbonyl (C=O) groups is 2. The fraction of sp³-hybridized carbons (Fsp3) is 0.400. The summed E-state index contributed by atoms with van der Waals surface area (Å²) in [6.45, 7) is 5.26. The summed E-state index contributed by atoms with van der Waals surface area (Å²) in [5, 5.41) is 5.76. The monoisotopic (exact) mass is 291 g/mol. The van der Waals surface area contributed by atoms with Crippen LogP contribution in [0.5, 0.6) is 0 Å². The largest absolute Gasteiger partial charge is 0.444 e. The Hall–Kier alpha value is -2.37. The predicted molar refractivity (Wildman–Crippen MR) is 81.0 cm³/mol. The molecule has 3 N–H and O–H groups in total. The SMILES string of the molecule is CC(C)(C)OC(=O)N[C@@H](Cc1ccccc1)C(=O)C=NN. The average molecular weight is 291 g/mol. The molecule has 1 aromatic rings. The second-order valence-electron chi connectivity index (χ2n) is 5.57. The second kappa shape index (κ2) is 7.42. The molecule has 6 heteroatoms. The number of nitrogens with zero attached hydrogens (tertiary/aromatic N) is 1. The molecule has 0 fully saturated rings. The Labute approximate surface area is 124 Å². The van der Waals surface area contributed by atoms with Crippen molar-refractivity contribution >= 4 is 18.1 Å². The van der Waals surface area contributed by atoms with Gasteiger partial charge < -0.3 is 15.9 Å². The minimum atomic E-state index is -0.769. The summed E-state index contributed by atoms with van der Waals surface area (Å²) >= 11 is 0. The lowest BCUT2D eigenvalue weighted by Crippen LogP contribution is -2.45. The van der Waals surface area contributed by atoms with Gasteiger partial charge in [0.25, 0.3) is 0 Å². The highest BCUT2D eigenvalue weighted by atomic mass is 16.6. The summed E-state index contributed by atoms with van der Waals surface area (Å²) < 4.78 is 5.16. The van der Waals surface area contributed by atoms with Gasteiger partial charge in [0.05, 0.1) is 6.21 Å². The smallest absolute Gasteiger partial charge is 0.408 e. The summed E-state index contributed by atoms with van der Waals surface area (Å²) in [7, 11) is 0. The first-order valence-corrected chi connectivity index (χ1v) is 6.62. The van der Waals surface area contributed by atoms with E-state index in [0.717, 1.165) is 11.8 Å². The molecule has 0 aliphatic rings. The minimum Gasteiger partial charge on any atom is -0.444 e. The van der Waals surface area contributed by atoms with Crippen LogP contribution in [0, 0.1) is 0 Å². The number of nitrogens with two attached hydrogens (primary N) is 1. The van der Waals surface area contributed by atoms with Crippen LogP contribution in [-0.4, -0.2) is 29.7 Å². The second-order valence-corrected chi connectivity index (χ2v) is 5.57. The number of hydrazone groups is 1. The number of amides is 1. The molecule has 0 saturated carbocycles. The zero-order valence-corrected chi connectivity index (χ0v) is 12.5. The molecular formula is C15H21N3O3. The summed E-state index contributed by atoms with van der Waals surface area (Å²) in [5.41, 5.74) is 0.282. The Morgan fingerprint density at radius 1 is 1.33 bits per heavy atom.